The van der Waals surface area contributed by atoms with Crippen LogP contribution in [0.4, 0.5) is 8.78 Å². The number of nitrogens with one attached hydrogen (secondary N) is 1. The van der Waals surface area contributed by atoms with Crippen molar-refractivity contribution in [2.24, 2.45) is 0 Å². The summed E-state index contributed by atoms with van der Waals surface area (Å²) >= 11 is 0. The summed E-state index contributed by atoms with van der Waals surface area (Å²) in [6.45, 7) is 1.59. The maximum Gasteiger partial charge on any atom is 0.241 e. The molecular formula is C13H12F2N2O2S. The normalized spacial score (nSPS) is 13.2. The molecule has 0 aliphatic heterocycles. The lowest BCUT2D eigenvalue weighted by Gasteiger charge is -2.13. The molecule has 2 rings (SSSR count). The van der Waals surface area contributed by atoms with Crippen LogP contribution in [0.15, 0.2) is 47.5 Å². The van der Waals surface area contributed by atoms with Crippen LogP contribution in [0.25, 0.3) is 0 Å². The van der Waals surface area contributed by atoms with Gasteiger partial charge in [0.2, 0.25) is 10.0 Å². The van der Waals surface area contributed by atoms with E-state index in [1.54, 1.807) is 25.1 Å². The first kappa shape index (κ1) is 14.5. The summed E-state index contributed by atoms with van der Waals surface area (Å²) in [5.74, 6) is -1.90. The van der Waals surface area contributed by atoms with Gasteiger partial charge in [-0.2, -0.15) is 0 Å². The quantitative estimate of drug-likeness (QED) is 0.943. The predicted molar refractivity (Wildman–Crippen MR) is 69.3 cm³/mol. The minimum atomic E-state index is -4.02. The lowest BCUT2D eigenvalue weighted by atomic mass is 10.2. The van der Waals surface area contributed by atoms with Crippen LogP contribution in [-0.2, 0) is 10.0 Å². The second-order valence-electron chi connectivity index (χ2n) is 4.20. The van der Waals surface area contributed by atoms with Gasteiger partial charge in [-0.3, -0.25) is 4.98 Å². The number of aromatic nitrogens is 1. The van der Waals surface area contributed by atoms with E-state index in [1.165, 1.54) is 6.20 Å². The molecule has 0 radical (unpaired) electrons. The molecule has 20 heavy (non-hydrogen) atoms. The third kappa shape index (κ3) is 3.37. The summed E-state index contributed by atoms with van der Waals surface area (Å²) in [6.07, 6.45) is 1.53. The Labute approximate surface area is 115 Å². The zero-order valence-corrected chi connectivity index (χ0v) is 11.4. The molecule has 1 aromatic carbocycles. The van der Waals surface area contributed by atoms with Gasteiger partial charge in [0.25, 0.3) is 0 Å². The maximum atomic E-state index is 13.1. The molecule has 0 bridgehead atoms. The number of sulfonamides is 1. The van der Waals surface area contributed by atoms with Crippen LogP contribution in [0.5, 0.6) is 0 Å². The fourth-order valence-electron chi connectivity index (χ4n) is 1.68. The highest BCUT2D eigenvalue weighted by Crippen LogP contribution is 2.17. The second-order valence-corrected chi connectivity index (χ2v) is 5.92. The Kier molecular flexibility index (Phi) is 4.10. The first-order chi connectivity index (χ1) is 9.38. The van der Waals surface area contributed by atoms with Crippen molar-refractivity contribution >= 4 is 10.0 Å². The van der Waals surface area contributed by atoms with Gasteiger partial charge in [-0.05, 0) is 31.2 Å². The van der Waals surface area contributed by atoms with Gasteiger partial charge in [0.1, 0.15) is 11.6 Å². The fourth-order valence-corrected chi connectivity index (χ4v) is 2.93. The zero-order chi connectivity index (χ0) is 14.8. The zero-order valence-electron chi connectivity index (χ0n) is 10.5. The SMILES string of the molecule is CC(NS(=O)(=O)c1cc(F)cc(F)c1)c1ccccn1. The van der Waals surface area contributed by atoms with Crippen LogP contribution < -0.4 is 4.72 Å². The second kappa shape index (κ2) is 5.64. The number of benzene rings is 1. The molecule has 1 aromatic heterocycles. The minimum absolute atomic E-state index is 0.460. The molecule has 0 amide bonds. The van der Waals surface area contributed by atoms with Gasteiger partial charge in [0.15, 0.2) is 0 Å². The number of nitrogens with zero attached hydrogens (tertiary/aromatic N) is 1. The molecule has 4 nitrogen and oxygen atoms in total. The van der Waals surface area contributed by atoms with Gasteiger partial charge in [0.05, 0.1) is 16.6 Å². The molecular weight excluding hydrogens is 286 g/mol. The average Bonchev–Trinajstić information content (AvgIpc) is 2.38. The number of rotatable bonds is 4. The molecule has 1 unspecified atom stereocenters. The summed E-state index contributed by atoms with van der Waals surface area (Å²) in [5.41, 5.74) is 0.507. The van der Waals surface area contributed by atoms with Crippen LogP contribution in [0, 0.1) is 11.6 Å². The largest absolute Gasteiger partial charge is 0.260 e. The highest BCUT2D eigenvalue weighted by Gasteiger charge is 2.20. The third-order valence-corrected chi connectivity index (χ3v) is 4.13. The molecule has 0 aliphatic rings. The van der Waals surface area contributed by atoms with Crippen molar-refractivity contribution in [1.82, 2.24) is 9.71 Å². The van der Waals surface area contributed by atoms with E-state index in [1.807, 2.05) is 0 Å². The van der Waals surface area contributed by atoms with Crippen LogP contribution in [0.3, 0.4) is 0 Å². The molecule has 0 spiro atoms. The Morgan fingerprint density at radius 2 is 1.80 bits per heavy atom. The van der Waals surface area contributed by atoms with E-state index in [4.69, 9.17) is 0 Å². The Hall–Kier alpha value is -1.86. The van der Waals surface area contributed by atoms with E-state index in [2.05, 4.69) is 9.71 Å². The van der Waals surface area contributed by atoms with Crippen molar-refractivity contribution in [3.8, 4) is 0 Å². The van der Waals surface area contributed by atoms with Crippen molar-refractivity contribution in [3.63, 3.8) is 0 Å². The van der Waals surface area contributed by atoms with Crippen molar-refractivity contribution in [1.29, 1.82) is 0 Å². The first-order valence-corrected chi connectivity index (χ1v) is 7.26. The summed E-state index contributed by atoms with van der Waals surface area (Å²) in [7, 11) is -4.02. The van der Waals surface area contributed by atoms with Crippen LogP contribution in [0.2, 0.25) is 0 Å². The number of pyridine rings is 1. The lowest BCUT2D eigenvalue weighted by Crippen LogP contribution is -2.27. The molecule has 1 N–H and O–H groups in total. The first-order valence-electron chi connectivity index (χ1n) is 5.78. The standard InChI is InChI=1S/C13H12F2N2O2S/c1-9(13-4-2-3-5-16-13)17-20(18,19)12-7-10(14)6-11(15)8-12/h2-9,17H,1H3. The van der Waals surface area contributed by atoms with E-state index in [9.17, 15) is 17.2 Å². The summed E-state index contributed by atoms with van der Waals surface area (Å²) in [6, 6.07) is 6.59. The summed E-state index contributed by atoms with van der Waals surface area (Å²) in [4.78, 5) is 3.56. The van der Waals surface area contributed by atoms with E-state index in [-0.39, 0.29) is 0 Å². The fraction of sp³-hybridized carbons (Fsp3) is 0.154. The van der Waals surface area contributed by atoms with Crippen LogP contribution in [-0.4, -0.2) is 13.4 Å². The molecule has 7 heteroatoms. The Morgan fingerprint density at radius 1 is 1.15 bits per heavy atom. The molecule has 0 saturated heterocycles. The average molecular weight is 298 g/mol. The Balaban J connectivity index is 2.27. The number of hydrogen-bond donors (Lipinski definition) is 1. The highest BCUT2D eigenvalue weighted by molar-refractivity contribution is 7.89. The molecule has 106 valence electrons. The van der Waals surface area contributed by atoms with Crippen molar-refractivity contribution < 1.29 is 17.2 Å². The Bertz CT molecular complexity index is 685. The summed E-state index contributed by atoms with van der Waals surface area (Å²) < 4.78 is 52.6. The number of halogens is 2. The van der Waals surface area contributed by atoms with E-state index >= 15 is 0 Å². The van der Waals surface area contributed by atoms with Gasteiger partial charge in [-0.15, -0.1) is 0 Å². The summed E-state index contributed by atoms with van der Waals surface area (Å²) in [5, 5.41) is 0. The van der Waals surface area contributed by atoms with Crippen LogP contribution in [0.1, 0.15) is 18.7 Å². The van der Waals surface area contributed by atoms with E-state index in [0.29, 0.717) is 11.8 Å². The monoisotopic (exact) mass is 298 g/mol. The third-order valence-electron chi connectivity index (χ3n) is 2.61. The smallest absolute Gasteiger partial charge is 0.241 e. The van der Waals surface area contributed by atoms with Crippen LogP contribution >= 0.6 is 0 Å². The van der Waals surface area contributed by atoms with Crippen molar-refractivity contribution in [2.75, 3.05) is 0 Å². The number of hydrogen-bond acceptors (Lipinski definition) is 3. The molecule has 0 saturated carbocycles. The van der Waals surface area contributed by atoms with Crippen molar-refractivity contribution in [2.45, 2.75) is 17.9 Å². The lowest BCUT2D eigenvalue weighted by molar-refractivity contribution is 0.551. The Morgan fingerprint density at radius 3 is 2.35 bits per heavy atom. The van der Waals surface area contributed by atoms with Gasteiger partial charge in [-0.1, -0.05) is 6.07 Å². The van der Waals surface area contributed by atoms with Crippen molar-refractivity contribution in [3.05, 3.63) is 59.9 Å². The van der Waals surface area contributed by atoms with Gasteiger partial charge in [-0.25, -0.2) is 21.9 Å². The molecule has 1 atom stereocenters. The minimum Gasteiger partial charge on any atom is -0.260 e. The maximum absolute atomic E-state index is 13.1. The van der Waals surface area contributed by atoms with Gasteiger partial charge in [0, 0.05) is 12.3 Å². The molecule has 1 heterocycles. The predicted octanol–water partition coefficient (Wildman–Crippen LogP) is 2.40. The van der Waals surface area contributed by atoms with Gasteiger partial charge >= 0.3 is 0 Å². The van der Waals surface area contributed by atoms with E-state index in [0.717, 1.165) is 12.1 Å². The van der Waals surface area contributed by atoms with Gasteiger partial charge < -0.3 is 0 Å². The topological polar surface area (TPSA) is 59.1 Å². The molecule has 0 fully saturated rings. The highest BCUT2D eigenvalue weighted by atomic mass is 32.2. The van der Waals surface area contributed by atoms with E-state index < -0.39 is 32.6 Å². The molecule has 0 aliphatic carbocycles. The molecule has 2 aromatic rings.